The molecule has 0 spiro atoms. The number of rotatable bonds is 3. The minimum absolute atomic E-state index is 0.321. The Bertz CT molecular complexity index is 461. The van der Waals surface area contributed by atoms with Crippen molar-refractivity contribution in [2.45, 2.75) is 13.5 Å². The highest BCUT2D eigenvalue weighted by molar-refractivity contribution is 5.87. The van der Waals surface area contributed by atoms with E-state index in [2.05, 4.69) is 15.8 Å². The maximum absolute atomic E-state index is 11.4. The number of nitrogens with one attached hydrogen (secondary N) is 2. The van der Waals surface area contributed by atoms with Crippen molar-refractivity contribution in [3.05, 3.63) is 35.9 Å². The summed E-state index contributed by atoms with van der Waals surface area (Å²) >= 11 is 0. The van der Waals surface area contributed by atoms with E-state index in [0.717, 1.165) is 5.56 Å². The third-order valence-corrected chi connectivity index (χ3v) is 1.90. The molecule has 0 aromatic carbocycles. The number of nitrogens with zero attached hydrogens (tertiary/aromatic N) is 1. The molecule has 0 aliphatic rings. The smallest absolute Gasteiger partial charge is 0.321 e. The fraction of sp³-hybridized carbons (Fsp3) is 0.200. The van der Waals surface area contributed by atoms with Crippen LogP contribution in [0.2, 0.25) is 0 Å². The lowest BCUT2D eigenvalue weighted by Crippen LogP contribution is -2.27. The van der Waals surface area contributed by atoms with E-state index in [4.69, 9.17) is 8.94 Å². The molecule has 2 N–H and O–H groups in total. The largest absolute Gasteiger partial charge is 0.472 e. The average molecular weight is 221 g/mol. The van der Waals surface area contributed by atoms with Crippen LogP contribution >= 0.6 is 0 Å². The Labute approximate surface area is 91.6 Å². The van der Waals surface area contributed by atoms with Crippen molar-refractivity contribution in [1.82, 2.24) is 10.5 Å². The van der Waals surface area contributed by atoms with Gasteiger partial charge in [-0.1, -0.05) is 5.16 Å². The zero-order valence-corrected chi connectivity index (χ0v) is 8.69. The highest BCUT2D eigenvalue weighted by atomic mass is 16.5. The van der Waals surface area contributed by atoms with Crippen LogP contribution in [0.3, 0.4) is 0 Å². The van der Waals surface area contributed by atoms with Gasteiger partial charge in [0.05, 0.1) is 18.2 Å². The van der Waals surface area contributed by atoms with E-state index < -0.39 is 0 Å². The van der Waals surface area contributed by atoms with E-state index in [1.807, 2.05) is 0 Å². The first-order valence-corrected chi connectivity index (χ1v) is 4.73. The number of aryl methyl sites for hydroxylation is 1. The Morgan fingerprint density at radius 3 is 3.06 bits per heavy atom. The van der Waals surface area contributed by atoms with Crippen LogP contribution in [-0.4, -0.2) is 11.2 Å². The van der Waals surface area contributed by atoms with Crippen LogP contribution in [0.1, 0.15) is 11.3 Å². The predicted octanol–water partition coefficient (Wildman–Crippen LogP) is 1.90. The second-order valence-corrected chi connectivity index (χ2v) is 3.27. The summed E-state index contributed by atoms with van der Waals surface area (Å²) in [6.07, 6.45) is 3.12. The van der Waals surface area contributed by atoms with E-state index in [0.29, 0.717) is 18.1 Å². The molecular weight excluding hydrogens is 210 g/mol. The van der Waals surface area contributed by atoms with Gasteiger partial charge in [-0.05, 0) is 13.0 Å². The number of urea groups is 1. The van der Waals surface area contributed by atoms with Crippen LogP contribution in [0.25, 0.3) is 0 Å². The molecule has 0 unspecified atom stereocenters. The molecule has 2 aromatic heterocycles. The summed E-state index contributed by atoms with van der Waals surface area (Å²) in [4.78, 5) is 11.4. The molecule has 2 heterocycles. The molecular formula is C10H11N3O3. The Hall–Kier alpha value is -2.24. The van der Waals surface area contributed by atoms with Crippen LogP contribution in [-0.2, 0) is 6.54 Å². The topological polar surface area (TPSA) is 80.3 Å². The van der Waals surface area contributed by atoms with Crippen molar-refractivity contribution in [3.63, 3.8) is 0 Å². The molecule has 6 nitrogen and oxygen atoms in total. The Balaban J connectivity index is 1.81. The highest BCUT2D eigenvalue weighted by Gasteiger charge is 2.05. The molecule has 2 amide bonds. The minimum atomic E-state index is -0.350. The van der Waals surface area contributed by atoms with Crippen LogP contribution in [0.5, 0.6) is 0 Å². The summed E-state index contributed by atoms with van der Waals surface area (Å²) < 4.78 is 9.70. The van der Waals surface area contributed by atoms with E-state index >= 15 is 0 Å². The number of hydrogen-bond acceptors (Lipinski definition) is 4. The Morgan fingerprint density at radius 1 is 1.56 bits per heavy atom. The standard InChI is InChI=1S/C10H11N3O3/c1-7-4-9(16-13-7)12-10(14)11-5-8-2-3-15-6-8/h2-4,6H,5H2,1H3,(H2,11,12,14). The second kappa shape index (κ2) is 4.52. The molecule has 0 aliphatic heterocycles. The van der Waals surface area contributed by atoms with Gasteiger partial charge in [0.1, 0.15) is 0 Å². The van der Waals surface area contributed by atoms with Crippen LogP contribution in [0.15, 0.2) is 33.6 Å². The lowest BCUT2D eigenvalue weighted by atomic mass is 10.3. The zero-order chi connectivity index (χ0) is 11.4. The summed E-state index contributed by atoms with van der Waals surface area (Å²) in [5.74, 6) is 0.321. The van der Waals surface area contributed by atoms with Gasteiger partial charge in [-0.3, -0.25) is 5.32 Å². The number of anilines is 1. The summed E-state index contributed by atoms with van der Waals surface area (Å²) in [7, 11) is 0. The molecule has 0 atom stereocenters. The summed E-state index contributed by atoms with van der Waals surface area (Å²) in [5, 5.41) is 8.81. The molecule has 2 aromatic rings. The van der Waals surface area contributed by atoms with Gasteiger partial charge in [0.25, 0.3) is 0 Å². The molecule has 0 fully saturated rings. The number of carbonyl (C=O) groups is 1. The molecule has 0 radical (unpaired) electrons. The van der Waals surface area contributed by atoms with Gasteiger partial charge in [0.15, 0.2) is 0 Å². The van der Waals surface area contributed by atoms with Gasteiger partial charge in [-0.25, -0.2) is 4.79 Å². The first-order chi connectivity index (χ1) is 7.74. The third kappa shape index (κ3) is 2.63. The number of carbonyl (C=O) groups excluding carboxylic acids is 1. The summed E-state index contributed by atoms with van der Waals surface area (Å²) in [5.41, 5.74) is 1.61. The first kappa shape index (κ1) is 10.3. The van der Waals surface area contributed by atoms with Crippen molar-refractivity contribution in [2.24, 2.45) is 0 Å². The molecule has 0 bridgehead atoms. The maximum Gasteiger partial charge on any atom is 0.321 e. The summed E-state index contributed by atoms with van der Waals surface area (Å²) in [6.45, 7) is 2.17. The lowest BCUT2D eigenvalue weighted by Gasteiger charge is -2.02. The summed E-state index contributed by atoms with van der Waals surface area (Å²) in [6, 6.07) is 3.06. The third-order valence-electron chi connectivity index (χ3n) is 1.90. The van der Waals surface area contributed by atoms with E-state index in [9.17, 15) is 4.79 Å². The van der Waals surface area contributed by atoms with Gasteiger partial charge in [-0.2, -0.15) is 0 Å². The van der Waals surface area contributed by atoms with Crippen molar-refractivity contribution < 1.29 is 13.7 Å². The van der Waals surface area contributed by atoms with Crippen molar-refractivity contribution in [3.8, 4) is 0 Å². The second-order valence-electron chi connectivity index (χ2n) is 3.27. The molecule has 0 saturated heterocycles. The minimum Gasteiger partial charge on any atom is -0.472 e. The van der Waals surface area contributed by atoms with Gasteiger partial charge in [0, 0.05) is 18.2 Å². The number of hydrogen-bond donors (Lipinski definition) is 2. The average Bonchev–Trinajstić information content (AvgIpc) is 2.87. The van der Waals surface area contributed by atoms with Crippen molar-refractivity contribution in [2.75, 3.05) is 5.32 Å². The van der Waals surface area contributed by atoms with E-state index in [1.54, 1.807) is 31.6 Å². The van der Waals surface area contributed by atoms with Crippen molar-refractivity contribution in [1.29, 1.82) is 0 Å². The normalized spacial score (nSPS) is 10.1. The maximum atomic E-state index is 11.4. The zero-order valence-electron chi connectivity index (χ0n) is 8.69. The van der Waals surface area contributed by atoms with Crippen molar-refractivity contribution >= 4 is 11.9 Å². The van der Waals surface area contributed by atoms with Gasteiger partial charge < -0.3 is 14.3 Å². The van der Waals surface area contributed by atoms with Crippen LogP contribution in [0.4, 0.5) is 10.7 Å². The lowest BCUT2D eigenvalue weighted by molar-refractivity contribution is 0.251. The molecule has 0 saturated carbocycles. The molecule has 2 rings (SSSR count). The molecule has 16 heavy (non-hydrogen) atoms. The van der Waals surface area contributed by atoms with E-state index in [-0.39, 0.29) is 6.03 Å². The van der Waals surface area contributed by atoms with E-state index in [1.165, 1.54) is 0 Å². The SMILES string of the molecule is Cc1cc(NC(=O)NCc2ccoc2)on1. The Morgan fingerprint density at radius 2 is 2.44 bits per heavy atom. The van der Waals surface area contributed by atoms with Crippen LogP contribution < -0.4 is 10.6 Å². The molecule has 0 aliphatic carbocycles. The quantitative estimate of drug-likeness (QED) is 0.829. The van der Waals surface area contributed by atoms with Crippen LogP contribution in [0, 0.1) is 6.92 Å². The van der Waals surface area contributed by atoms with Gasteiger partial charge >= 0.3 is 6.03 Å². The predicted molar refractivity (Wildman–Crippen MR) is 55.8 cm³/mol. The van der Waals surface area contributed by atoms with Gasteiger partial charge in [-0.15, -0.1) is 0 Å². The Kier molecular flexibility index (Phi) is 2.90. The first-order valence-electron chi connectivity index (χ1n) is 4.73. The highest BCUT2D eigenvalue weighted by Crippen LogP contribution is 2.07. The fourth-order valence-corrected chi connectivity index (χ4v) is 1.15. The molecule has 6 heteroatoms. The number of aromatic nitrogens is 1. The number of furan rings is 1. The monoisotopic (exact) mass is 221 g/mol. The molecule has 84 valence electrons. The fourth-order valence-electron chi connectivity index (χ4n) is 1.15. The van der Waals surface area contributed by atoms with Gasteiger partial charge in [0.2, 0.25) is 5.88 Å². The number of amides is 2.